The Morgan fingerprint density at radius 1 is 0.969 bits per heavy atom. The zero-order valence-electron chi connectivity index (χ0n) is 19.7. The lowest BCUT2D eigenvalue weighted by Gasteiger charge is -2.47. The summed E-state index contributed by atoms with van der Waals surface area (Å²) in [5.74, 6) is -0.133. The van der Waals surface area contributed by atoms with Crippen molar-refractivity contribution < 1.29 is 9.90 Å². The summed E-state index contributed by atoms with van der Waals surface area (Å²) in [4.78, 5) is 12.7. The topological polar surface area (TPSA) is 37.3 Å². The van der Waals surface area contributed by atoms with E-state index < -0.39 is 28.3 Å². The molecule has 2 aliphatic heterocycles. The van der Waals surface area contributed by atoms with Gasteiger partial charge < -0.3 is 5.11 Å². The normalized spacial score (nSPS) is 26.0. The van der Waals surface area contributed by atoms with Gasteiger partial charge in [-0.15, -0.1) is 0 Å². The lowest BCUT2D eigenvalue weighted by molar-refractivity contribution is -0.154. The summed E-state index contributed by atoms with van der Waals surface area (Å²) in [6, 6.07) is 28.4. The molecular weight excluding hydrogens is 424 g/mol. The molecule has 0 spiro atoms. The SMILES string of the molecule is CCCCC[Si]1(c2ccccc2)CCC(C2(C(=O)O)CC[Si](c3ccccc3)CC2)CC1. The Labute approximate surface area is 197 Å². The number of carboxylic acid groups (broad SMARTS) is 1. The molecule has 0 unspecified atom stereocenters. The molecule has 2 fully saturated rings. The van der Waals surface area contributed by atoms with Gasteiger partial charge in [-0.3, -0.25) is 4.79 Å². The van der Waals surface area contributed by atoms with Crippen molar-refractivity contribution in [3.8, 4) is 0 Å². The summed E-state index contributed by atoms with van der Waals surface area (Å²) < 4.78 is 0. The van der Waals surface area contributed by atoms with E-state index in [9.17, 15) is 9.90 Å². The van der Waals surface area contributed by atoms with Crippen LogP contribution in [0.15, 0.2) is 60.7 Å². The Morgan fingerprint density at radius 2 is 1.56 bits per heavy atom. The first-order valence-corrected chi connectivity index (χ1v) is 17.3. The predicted molar refractivity (Wildman–Crippen MR) is 139 cm³/mol. The molecule has 2 aliphatic rings. The molecule has 2 heterocycles. The van der Waals surface area contributed by atoms with Gasteiger partial charge in [0.2, 0.25) is 0 Å². The molecule has 0 saturated carbocycles. The van der Waals surface area contributed by atoms with E-state index in [4.69, 9.17) is 0 Å². The van der Waals surface area contributed by atoms with Crippen molar-refractivity contribution in [1.29, 1.82) is 0 Å². The van der Waals surface area contributed by atoms with Crippen molar-refractivity contribution in [2.45, 2.75) is 82.1 Å². The lowest BCUT2D eigenvalue weighted by Crippen LogP contribution is -2.53. The molecule has 0 atom stereocenters. The second-order valence-corrected chi connectivity index (χ2v) is 17.7. The highest BCUT2D eigenvalue weighted by Crippen LogP contribution is 2.51. The van der Waals surface area contributed by atoms with Gasteiger partial charge in [-0.1, -0.05) is 140 Å². The van der Waals surface area contributed by atoms with Crippen molar-refractivity contribution in [3.05, 3.63) is 60.7 Å². The largest absolute Gasteiger partial charge is 0.481 e. The molecule has 4 heteroatoms. The van der Waals surface area contributed by atoms with Crippen molar-refractivity contribution in [3.63, 3.8) is 0 Å². The zero-order valence-corrected chi connectivity index (χ0v) is 21.7. The maximum Gasteiger partial charge on any atom is 0.309 e. The fraction of sp³-hybridized carbons (Fsp3) is 0.536. The number of carbonyl (C=O) groups is 1. The van der Waals surface area contributed by atoms with Crippen LogP contribution in [0.1, 0.15) is 51.9 Å². The second kappa shape index (κ2) is 10.5. The number of aliphatic carboxylic acids is 1. The number of benzene rings is 2. The summed E-state index contributed by atoms with van der Waals surface area (Å²) in [6.45, 7) is 2.29. The van der Waals surface area contributed by atoms with Gasteiger partial charge in [-0.25, -0.2) is 0 Å². The molecule has 1 N–H and O–H groups in total. The van der Waals surface area contributed by atoms with Crippen molar-refractivity contribution in [1.82, 2.24) is 0 Å². The molecule has 2 aromatic rings. The Balaban J connectivity index is 1.47. The van der Waals surface area contributed by atoms with Crippen LogP contribution in [-0.4, -0.2) is 27.9 Å². The van der Waals surface area contributed by atoms with Gasteiger partial charge in [-0.05, 0) is 18.8 Å². The third-order valence-electron chi connectivity index (χ3n) is 8.72. The summed E-state index contributed by atoms with van der Waals surface area (Å²) in [5.41, 5.74) is -0.469. The number of rotatable bonds is 8. The molecule has 0 bridgehead atoms. The molecule has 32 heavy (non-hydrogen) atoms. The van der Waals surface area contributed by atoms with E-state index in [1.165, 1.54) is 42.6 Å². The van der Waals surface area contributed by atoms with Gasteiger partial charge in [0.1, 0.15) is 0 Å². The average Bonchev–Trinajstić information content (AvgIpc) is 2.86. The fourth-order valence-corrected chi connectivity index (χ4v) is 14.9. The second-order valence-electron chi connectivity index (χ2n) is 10.3. The van der Waals surface area contributed by atoms with E-state index in [0.717, 1.165) is 37.8 Å². The molecule has 4 rings (SSSR count). The Kier molecular flexibility index (Phi) is 7.72. The van der Waals surface area contributed by atoms with E-state index in [-0.39, 0.29) is 0 Å². The van der Waals surface area contributed by atoms with Gasteiger partial charge in [0.05, 0.1) is 22.3 Å². The third kappa shape index (κ3) is 4.81. The quantitative estimate of drug-likeness (QED) is 0.373. The van der Waals surface area contributed by atoms with Crippen LogP contribution in [0.25, 0.3) is 0 Å². The number of unbranched alkanes of at least 4 members (excludes halogenated alkanes) is 2. The standard InChI is InChI=1S/C28H39O2Si2/c1-2-3-10-21-32(26-13-8-5-9-14-26)22-15-24(16-23-32)28(27(29)30)17-19-31(20-18-28)25-11-6-4-7-12-25/h4-9,11-14,24H,2-3,10,15-23H2,1H3,(H,29,30). The Hall–Kier alpha value is -1.66. The summed E-state index contributed by atoms with van der Waals surface area (Å²) in [6.07, 6.45) is 8.00. The molecule has 171 valence electrons. The van der Waals surface area contributed by atoms with Crippen molar-refractivity contribution >= 4 is 33.2 Å². The number of carboxylic acids is 1. The maximum absolute atomic E-state index is 12.7. The average molecular weight is 464 g/mol. The van der Waals surface area contributed by atoms with E-state index >= 15 is 0 Å². The fourth-order valence-electron chi connectivity index (χ4n) is 6.67. The minimum Gasteiger partial charge on any atom is -0.481 e. The minimum atomic E-state index is -1.52. The van der Waals surface area contributed by atoms with E-state index in [2.05, 4.69) is 67.6 Å². The molecule has 0 amide bonds. The molecular formula is C28H39O2Si2. The maximum atomic E-state index is 12.7. The lowest BCUT2D eigenvalue weighted by atomic mass is 9.68. The first-order chi connectivity index (χ1) is 15.6. The molecule has 2 saturated heterocycles. The van der Waals surface area contributed by atoms with Gasteiger partial charge in [0, 0.05) is 0 Å². The Bertz CT molecular complexity index is 852. The highest BCUT2D eigenvalue weighted by Gasteiger charge is 2.51. The summed E-state index contributed by atoms with van der Waals surface area (Å²) >= 11 is 0. The van der Waals surface area contributed by atoms with Crippen LogP contribution in [0.3, 0.4) is 0 Å². The van der Waals surface area contributed by atoms with Gasteiger partial charge >= 0.3 is 5.97 Å². The van der Waals surface area contributed by atoms with Crippen LogP contribution in [0.5, 0.6) is 0 Å². The highest BCUT2D eigenvalue weighted by atomic mass is 28.3. The first kappa shape index (κ1) is 23.5. The number of hydrogen-bond acceptors (Lipinski definition) is 1. The van der Waals surface area contributed by atoms with Gasteiger partial charge in [-0.2, -0.15) is 0 Å². The van der Waals surface area contributed by atoms with Crippen LogP contribution in [-0.2, 0) is 4.79 Å². The predicted octanol–water partition coefficient (Wildman–Crippen LogP) is 6.21. The highest BCUT2D eigenvalue weighted by molar-refractivity contribution is 6.92. The summed E-state index contributed by atoms with van der Waals surface area (Å²) in [7, 11) is -2.12. The minimum absolute atomic E-state index is 0.370. The third-order valence-corrected chi connectivity index (χ3v) is 16.9. The number of hydrogen-bond donors (Lipinski definition) is 1. The first-order valence-electron chi connectivity index (χ1n) is 12.8. The zero-order chi connectivity index (χ0) is 22.4. The molecule has 0 aliphatic carbocycles. The van der Waals surface area contributed by atoms with E-state index in [1.54, 1.807) is 5.19 Å². The molecule has 1 radical (unpaired) electrons. The van der Waals surface area contributed by atoms with Crippen LogP contribution in [0.2, 0.25) is 30.2 Å². The molecule has 2 aromatic carbocycles. The van der Waals surface area contributed by atoms with Gasteiger partial charge in [0.15, 0.2) is 0 Å². The van der Waals surface area contributed by atoms with E-state index in [0.29, 0.717) is 5.92 Å². The summed E-state index contributed by atoms with van der Waals surface area (Å²) in [5, 5.41) is 13.6. The van der Waals surface area contributed by atoms with Crippen molar-refractivity contribution in [2.75, 3.05) is 0 Å². The van der Waals surface area contributed by atoms with Crippen LogP contribution >= 0.6 is 0 Å². The van der Waals surface area contributed by atoms with Crippen LogP contribution < -0.4 is 10.4 Å². The molecule has 0 aromatic heterocycles. The van der Waals surface area contributed by atoms with E-state index in [1.807, 2.05) is 0 Å². The smallest absolute Gasteiger partial charge is 0.309 e. The van der Waals surface area contributed by atoms with Crippen molar-refractivity contribution in [2.24, 2.45) is 11.3 Å². The van der Waals surface area contributed by atoms with Crippen LogP contribution in [0.4, 0.5) is 0 Å². The Morgan fingerprint density at radius 3 is 2.12 bits per heavy atom. The monoisotopic (exact) mass is 463 g/mol. The molecule has 2 nitrogen and oxygen atoms in total. The van der Waals surface area contributed by atoms with Gasteiger partial charge in [0.25, 0.3) is 0 Å². The van der Waals surface area contributed by atoms with Crippen LogP contribution in [0, 0.1) is 11.3 Å².